The Labute approximate surface area is 83.9 Å². The van der Waals surface area contributed by atoms with E-state index in [9.17, 15) is 0 Å². The second kappa shape index (κ2) is 4.14. The number of halogens is 1. The van der Waals surface area contributed by atoms with Crippen LogP contribution in [-0.2, 0) is 6.54 Å². The minimum atomic E-state index is 0.607. The van der Waals surface area contributed by atoms with E-state index < -0.39 is 0 Å². The summed E-state index contributed by atoms with van der Waals surface area (Å²) in [5, 5.41) is 0.607. The Morgan fingerprint density at radius 2 is 2.15 bits per heavy atom. The van der Waals surface area contributed by atoms with Gasteiger partial charge in [-0.15, -0.1) is 0 Å². The van der Waals surface area contributed by atoms with Crippen LogP contribution in [-0.4, -0.2) is 9.55 Å². The average Bonchev–Trinajstić information content (AvgIpc) is 2.53. The summed E-state index contributed by atoms with van der Waals surface area (Å²) in [4.78, 5) is 4.01. The fraction of sp³-hybridized carbons (Fsp3) is 0.700. The number of hydrogen-bond donors (Lipinski definition) is 0. The van der Waals surface area contributed by atoms with E-state index in [1.165, 1.54) is 32.1 Å². The van der Waals surface area contributed by atoms with E-state index in [1.54, 1.807) is 0 Å². The van der Waals surface area contributed by atoms with Gasteiger partial charge in [0.25, 0.3) is 0 Å². The van der Waals surface area contributed by atoms with Gasteiger partial charge in [0.2, 0.25) is 0 Å². The van der Waals surface area contributed by atoms with Gasteiger partial charge in [0, 0.05) is 12.7 Å². The molecule has 2 rings (SSSR count). The molecule has 0 aliphatic heterocycles. The molecule has 0 N–H and O–H groups in total. The predicted molar refractivity (Wildman–Crippen MR) is 53.8 cm³/mol. The van der Waals surface area contributed by atoms with Crippen LogP contribution in [0.2, 0.25) is 5.15 Å². The Kier molecular flexibility index (Phi) is 2.89. The highest BCUT2D eigenvalue weighted by atomic mass is 35.5. The van der Waals surface area contributed by atoms with Gasteiger partial charge in [0.05, 0.1) is 6.33 Å². The molecular formula is C10H15ClN2. The lowest BCUT2D eigenvalue weighted by Crippen LogP contribution is -2.12. The van der Waals surface area contributed by atoms with Crippen LogP contribution in [0.5, 0.6) is 0 Å². The van der Waals surface area contributed by atoms with Crippen molar-refractivity contribution in [2.75, 3.05) is 0 Å². The zero-order valence-corrected chi connectivity index (χ0v) is 8.50. The summed E-state index contributed by atoms with van der Waals surface area (Å²) in [6.45, 7) is 1.10. The smallest absolute Gasteiger partial charge is 0.146 e. The Morgan fingerprint density at radius 1 is 1.38 bits per heavy atom. The molecule has 1 aromatic heterocycles. The SMILES string of the molecule is Clc1cn(CC2CCCCC2)cn1. The summed E-state index contributed by atoms with van der Waals surface area (Å²) in [6, 6.07) is 0. The zero-order chi connectivity index (χ0) is 9.10. The highest BCUT2D eigenvalue weighted by Crippen LogP contribution is 2.25. The molecule has 0 aromatic carbocycles. The number of nitrogens with zero attached hydrogens (tertiary/aromatic N) is 2. The quantitative estimate of drug-likeness (QED) is 0.714. The number of aromatic nitrogens is 2. The van der Waals surface area contributed by atoms with Crippen LogP contribution in [0.3, 0.4) is 0 Å². The maximum absolute atomic E-state index is 5.75. The van der Waals surface area contributed by atoms with Crippen LogP contribution in [0.15, 0.2) is 12.5 Å². The minimum absolute atomic E-state index is 0.607. The van der Waals surface area contributed by atoms with Crippen LogP contribution in [0, 0.1) is 5.92 Å². The highest BCUT2D eigenvalue weighted by Gasteiger charge is 2.13. The van der Waals surface area contributed by atoms with Crippen molar-refractivity contribution < 1.29 is 0 Å². The molecule has 0 bridgehead atoms. The zero-order valence-electron chi connectivity index (χ0n) is 7.75. The molecule has 1 heterocycles. The third kappa shape index (κ3) is 2.47. The molecule has 0 unspecified atom stereocenters. The third-order valence-corrected chi connectivity index (χ3v) is 2.99. The van der Waals surface area contributed by atoms with Gasteiger partial charge >= 0.3 is 0 Å². The van der Waals surface area contributed by atoms with Gasteiger partial charge in [-0.05, 0) is 18.8 Å². The molecule has 3 heteroatoms. The van der Waals surface area contributed by atoms with Gasteiger partial charge in [0.15, 0.2) is 0 Å². The lowest BCUT2D eigenvalue weighted by molar-refractivity contribution is 0.319. The Bertz CT molecular complexity index is 264. The van der Waals surface area contributed by atoms with Crippen molar-refractivity contribution >= 4 is 11.6 Å². The highest BCUT2D eigenvalue weighted by molar-refractivity contribution is 6.29. The summed E-state index contributed by atoms with van der Waals surface area (Å²) in [5.74, 6) is 0.846. The van der Waals surface area contributed by atoms with Gasteiger partial charge in [-0.25, -0.2) is 4.98 Å². The van der Waals surface area contributed by atoms with Crippen molar-refractivity contribution in [1.29, 1.82) is 0 Å². The topological polar surface area (TPSA) is 17.8 Å². The van der Waals surface area contributed by atoms with E-state index in [0.29, 0.717) is 5.15 Å². The van der Waals surface area contributed by atoms with Crippen LogP contribution in [0.1, 0.15) is 32.1 Å². The Morgan fingerprint density at radius 3 is 2.77 bits per heavy atom. The molecule has 0 radical (unpaired) electrons. The van der Waals surface area contributed by atoms with E-state index in [4.69, 9.17) is 11.6 Å². The van der Waals surface area contributed by atoms with E-state index in [0.717, 1.165) is 12.5 Å². The fourth-order valence-corrected chi connectivity index (χ4v) is 2.27. The first-order valence-electron chi connectivity index (χ1n) is 5.02. The number of hydrogen-bond acceptors (Lipinski definition) is 1. The van der Waals surface area contributed by atoms with Gasteiger partial charge in [-0.3, -0.25) is 0 Å². The first kappa shape index (κ1) is 9.07. The van der Waals surface area contributed by atoms with Crippen LogP contribution in [0.25, 0.3) is 0 Å². The van der Waals surface area contributed by atoms with Gasteiger partial charge in [0.1, 0.15) is 5.15 Å². The summed E-state index contributed by atoms with van der Waals surface area (Å²) in [5.41, 5.74) is 0. The summed E-state index contributed by atoms with van der Waals surface area (Å²) in [6.07, 6.45) is 10.7. The van der Waals surface area contributed by atoms with E-state index in [1.807, 2.05) is 12.5 Å². The molecule has 72 valence electrons. The molecule has 1 fully saturated rings. The molecule has 0 atom stereocenters. The second-order valence-electron chi connectivity index (χ2n) is 3.90. The van der Waals surface area contributed by atoms with E-state index in [2.05, 4.69) is 9.55 Å². The minimum Gasteiger partial charge on any atom is -0.336 e. The third-order valence-electron chi connectivity index (χ3n) is 2.80. The lowest BCUT2D eigenvalue weighted by atomic mass is 9.89. The first-order valence-corrected chi connectivity index (χ1v) is 5.39. The van der Waals surface area contributed by atoms with Crippen LogP contribution >= 0.6 is 11.6 Å². The maximum Gasteiger partial charge on any atom is 0.146 e. The fourth-order valence-electron chi connectivity index (χ4n) is 2.10. The molecule has 0 saturated heterocycles. The predicted octanol–water partition coefficient (Wildman–Crippen LogP) is 3.12. The monoisotopic (exact) mass is 198 g/mol. The lowest BCUT2D eigenvalue weighted by Gasteiger charge is -2.21. The van der Waals surface area contributed by atoms with Crippen molar-refractivity contribution in [3.05, 3.63) is 17.7 Å². The van der Waals surface area contributed by atoms with Crippen LogP contribution < -0.4 is 0 Å². The Hall–Kier alpha value is -0.500. The molecule has 1 aliphatic carbocycles. The standard InChI is InChI=1S/C10H15ClN2/c11-10-7-13(8-12-10)6-9-4-2-1-3-5-9/h7-9H,1-6H2. The van der Waals surface area contributed by atoms with Gasteiger partial charge in [-0.1, -0.05) is 30.9 Å². The summed E-state index contributed by atoms with van der Waals surface area (Å²) >= 11 is 5.75. The first-order chi connectivity index (χ1) is 6.34. The van der Waals surface area contributed by atoms with Crippen molar-refractivity contribution in [2.45, 2.75) is 38.6 Å². The van der Waals surface area contributed by atoms with Gasteiger partial charge in [-0.2, -0.15) is 0 Å². The molecule has 13 heavy (non-hydrogen) atoms. The molecule has 0 spiro atoms. The second-order valence-corrected chi connectivity index (χ2v) is 4.28. The molecule has 1 aliphatic rings. The van der Waals surface area contributed by atoms with Gasteiger partial charge < -0.3 is 4.57 Å². The molecule has 0 amide bonds. The summed E-state index contributed by atoms with van der Waals surface area (Å²) < 4.78 is 2.11. The maximum atomic E-state index is 5.75. The van der Waals surface area contributed by atoms with Crippen molar-refractivity contribution in [3.8, 4) is 0 Å². The number of rotatable bonds is 2. The summed E-state index contributed by atoms with van der Waals surface area (Å²) in [7, 11) is 0. The van der Waals surface area contributed by atoms with E-state index >= 15 is 0 Å². The normalized spacial score (nSPS) is 19.2. The van der Waals surface area contributed by atoms with Crippen molar-refractivity contribution in [2.24, 2.45) is 5.92 Å². The molecule has 2 nitrogen and oxygen atoms in total. The Balaban J connectivity index is 1.89. The molecule has 1 saturated carbocycles. The molecular weight excluding hydrogens is 184 g/mol. The van der Waals surface area contributed by atoms with Crippen molar-refractivity contribution in [3.63, 3.8) is 0 Å². The molecule has 1 aromatic rings. The van der Waals surface area contributed by atoms with Crippen molar-refractivity contribution in [1.82, 2.24) is 9.55 Å². The number of imidazole rings is 1. The van der Waals surface area contributed by atoms with E-state index in [-0.39, 0.29) is 0 Å². The largest absolute Gasteiger partial charge is 0.336 e. The van der Waals surface area contributed by atoms with Crippen LogP contribution in [0.4, 0.5) is 0 Å². The average molecular weight is 199 g/mol.